The molecule has 67 heavy (non-hydrogen) atoms. The van der Waals surface area contributed by atoms with Gasteiger partial charge in [0.1, 0.15) is 43.2 Å². The predicted octanol–water partition coefficient (Wildman–Crippen LogP) is 11.1. The third-order valence-electron chi connectivity index (χ3n) is 11.5. The number of carbonyl (C=O) groups excluding carboxylic acids is 2. The highest BCUT2D eigenvalue weighted by Crippen LogP contribution is 2.47. The van der Waals surface area contributed by atoms with Crippen LogP contribution in [-0.2, 0) is 32.7 Å². The van der Waals surface area contributed by atoms with E-state index >= 15 is 0 Å². The Kier molecular flexibility index (Phi) is 39.2. The average molecular weight is 967 g/mol. The van der Waals surface area contributed by atoms with Crippen LogP contribution in [0.5, 0.6) is 0 Å². The van der Waals surface area contributed by atoms with Crippen LogP contribution in [0.25, 0.3) is 0 Å². The van der Waals surface area contributed by atoms with Crippen LogP contribution >= 0.6 is 7.82 Å². The minimum Gasteiger partial charge on any atom is -0.462 e. The maximum atomic E-state index is 12.9. The number of ether oxygens (including phenoxy) is 2. The molecule has 1 fully saturated rings. The summed E-state index contributed by atoms with van der Waals surface area (Å²) in [5.74, 6) is -1.13. The topological polar surface area (TPSA) is 210 Å². The average Bonchev–Trinajstić information content (AvgIpc) is 3.31. The fourth-order valence-corrected chi connectivity index (χ4v) is 8.33. The molecule has 1 saturated carbocycles. The van der Waals surface area contributed by atoms with Gasteiger partial charge < -0.3 is 39.9 Å². The Morgan fingerprint density at radius 2 is 0.806 bits per heavy atom. The molecule has 13 nitrogen and oxygen atoms in total. The molecule has 0 spiro atoms. The van der Waals surface area contributed by atoms with E-state index in [9.17, 15) is 44.6 Å². The minimum atomic E-state index is -5.13. The van der Waals surface area contributed by atoms with Crippen LogP contribution < -0.4 is 0 Å². The first-order chi connectivity index (χ1) is 32.4. The van der Waals surface area contributed by atoms with Crippen molar-refractivity contribution in [2.45, 2.75) is 236 Å². The third kappa shape index (κ3) is 34.3. The number of aliphatic hydroxyl groups excluding tert-OH is 5. The second kappa shape index (κ2) is 42.2. The van der Waals surface area contributed by atoms with E-state index < -0.39 is 75.7 Å². The lowest BCUT2D eigenvalue weighted by atomic mass is 9.85. The number of hydrogen-bond acceptors (Lipinski definition) is 12. The van der Waals surface area contributed by atoms with Crippen LogP contribution in [0.15, 0.2) is 72.9 Å². The molecule has 0 heterocycles. The Bertz CT molecular complexity index is 1440. The van der Waals surface area contributed by atoms with Gasteiger partial charge >= 0.3 is 19.8 Å². The zero-order valence-electron chi connectivity index (χ0n) is 41.2. The first kappa shape index (κ1) is 62.3. The van der Waals surface area contributed by atoms with E-state index in [1.54, 1.807) is 0 Å². The first-order valence-electron chi connectivity index (χ1n) is 25.7. The van der Waals surface area contributed by atoms with Gasteiger partial charge in [0.25, 0.3) is 0 Å². The lowest BCUT2D eigenvalue weighted by Crippen LogP contribution is -2.64. The van der Waals surface area contributed by atoms with Crippen molar-refractivity contribution in [1.82, 2.24) is 0 Å². The van der Waals surface area contributed by atoms with Crippen LogP contribution in [0.3, 0.4) is 0 Å². The molecular formula is C53H91O13P. The molecule has 14 heteroatoms. The van der Waals surface area contributed by atoms with Gasteiger partial charge in [-0.25, -0.2) is 4.57 Å². The van der Waals surface area contributed by atoms with Crippen molar-refractivity contribution in [2.24, 2.45) is 0 Å². The standard InChI is InChI=1S/C53H91O13P/c1-3-5-7-9-11-13-15-17-19-21-23-25-27-29-31-33-35-37-39-41-46(54)63-43-45(44-64-67(61,62)66-53-51(59)49(57)48(56)50(58)52(53)60)65-47(55)42-40-38-36-34-32-30-28-26-24-22-20-18-16-14-12-10-8-6-4-2/h11-14,17-20,23-26,45,48-53,56-60H,3-10,15-16,21-22,27-44H2,1-2H3,(H,61,62)/b13-11-,14-12-,19-17-,20-18-,25-23-,26-24-. The Balaban J connectivity index is 2.43. The van der Waals surface area contributed by atoms with Crippen molar-refractivity contribution in [1.29, 1.82) is 0 Å². The van der Waals surface area contributed by atoms with Crippen molar-refractivity contribution < 1.29 is 63.1 Å². The Labute approximate surface area is 404 Å². The third-order valence-corrected chi connectivity index (χ3v) is 12.5. The van der Waals surface area contributed by atoms with Crippen LogP contribution in [0.4, 0.5) is 0 Å². The summed E-state index contributed by atoms with van der Waals surface area (Å²) in [6.07, 6.45) is 40.8. The summed E-state index contributed by atoms with van der Waals surface area (Å²) in [6.45, 7) is 3.23. The van der Waals surface area contributed by atoms with Gasteiger partial charge in [-0.3, -0.25) is 18.6 Å². The summed E-state index contributed by atoms with van der Waals surface area (Å²) in [7, 11) is -5.13. The van der Waals surface area contributed by atoms with Crippen LogP contribution in [-0.4, -0.2) is 98.3 Å². The van der Waals surface area contributed by atoms with Gasteiger partial charge in [-0.2, -0.15) is 0 Å². The van der Waals surface area contributed by atoms with Crippen molar-refractivity contribution in [2.75, 3.05) is 13.2 Å². The number of carbonyl (C=O) groups is 2. The molecular weight excluding hydrogens is 876 g/mol. The number of esters is 2. The number of hydrogen-bond donors (Lipinski definition) is 6. The fourth-order valence-electron chi connectivity index (χ4n) is 7.36. The van der Waals surface area contributed by atoms with E-state index in [1.165, 1.54) is 44.9 Å². The molecule has 386 valence electrons. The molecule has 6 atom stereocenters. The monoisotopic (exact) mass is 967 g/mol. The molecule has 1 aliphatic carbocycles. The zero-order valence-corrected chi connectivity index (χ0v) is 42.1. The summed E-state index contributed by atoms with van der Waals surface area (Å²) < 4.78 is 33.6. The zero-order chi connectivity index (χ0) is 49.2. The number of phosphoric acid groups is 1. The minimum absolute atomic E-state index is 0.0756. The number of allylic oxidation sites excluding steroid dienone is 12. The molecule has 6 N–H and O–H groups in total. The van der Waals surface area contributed by atoms with Gasteiger partial charge in [-0.05, 0) is 89.9 Å². The maximum Gasteiger partial charge on any atom is 0.472 e. The number of unbranched alkanes of at least 4 members (excludes halogenated alkanes) is 18. The first-order valence-corrected chi connectivity index (χ1v) is 27.2. The van der Waals surface area contributed by atoms with E-state index in [0.717, 1.165) is 109 Å². The van der Waals surface area contributed by atoms with Crippen LogP contribution in [0, 0.1) is 0 Å². The molecule has 6 unspecified atom stereocenters. The van der Waals surface area contributed by atoms with Gasteiger partial charge in [-0.1, -0.05) is 164 Å². The highest BCUT2D eigenvalue weighted by molar-refractivity contribution is 7.47. The molecule has 0 aromatic rings. The van der Waals surface area contributed by atoms with Crippen molar-refractivity contribution >= 4 is 19.8 Å². The molecule has 1 rings (SSSR count). The van der Waals surface area contributed by atoms with Gasteiger partial charge in [-0.15, -0.1) is 0 Å². The van der Waals surface area contributed by atoms with E-state index in [4.69, 9.17) is 18.5 Å². The van der Waals surface area contributed by atoms with Gasteiger partial charge in [0.2, 0.25) is 0 Å². The van der Waals surface area contributed by atoms with Crippen molar-refractivity contribution in [3.05, 3.63) is 72.9 Å². The van der Waals surface area contributed by atoms with E-state index in [-0.39, 0.29) is 12.8 Å². The molecule has 1 aliphatic rings. The molecule has 0 amide bonds. The van der Waals surface area contributed by atoms with Gasteiger partial charge in [0.05, 0.1) is 6.61 Å². The van der Waals surface area contributed by atoms with E-state index in [2.05, 4.69) is 86.8 Å². The second-order valence-electron chi connectivity index (χ2n) is 17.7. The smallest absolute Gasteiger partial charge is 0.462 e. The number of phosphoric ester groups is 1. The SMILES string of the molecule is CCCCC/C=C\C/C=C\C/C=C\CCCCCCCCC(=O)OCC(COP(=O)(O)OC1C(O)C(O)C(O)C(O)C1O)OC(=O)CCCCCCCC/C=C\C/C=C\C/C=C\CCCCC. The second-order valence-corrected chi connectivity index (χ2v) is 19.1. The number of aliphatic hydroxyl groups is 5. The van der Waals surface area contributed by atoms with E-state index in [0.29, 0.717) is 12.8 Å². The molecule has 0 aromatic heterocycles. The maximum absolute atomic E-state index is 12.9. The highest BCUT2D eigenvalue weighted by atomic mass is 31.2. The quantitative estimate of drug-likeness (QED) is 0.0146. The molecule has 0 aromatic carbocycles. The van der Waals surface area contributed by atoms with Crippen LogP contribution in [0.1, 0.15) is 194 Å². The summed E-state index contributed by atoms with van der Waals surface area (Å²) in [4.78, 5) is 35.8. The van der Waals surface area contributed by atoms with Gasteiger partial charge in [0, 0.05) is 12.8 Å². The van der Waals surface area contributed by atoms with E-state index in [1.807, 2.05) is 0 Å². The lowest BCUT2D eigenvalue weighted by Gasteiger charge is -2.41. The van der Waals surface area contributed by atoms with Crippen LogP contribution in [0.2, 0.25) is 0 Å². The fraction of sp³-hybridized carbons (Fsp3) is 0.736. The largest absolute Gasteiger partial charge is 0.472 e. The number of rotatable bonds is 42. The molecule has 0 radical (unpaired) electrons. The molecule has 0 aliphatic heterocycles. The Hall–Kier alpha value is -2.71. The summed E-state index contributed by atoms with van der Waals surface area (Å²) in [5, 5.41) is 50.3. The Morgan fingerprint density at radius 3 is 1.22 bits per heavy atom. The normalized spacial score (nSPS) is 21.7. The van der Waals surface area contributed by atoms with Gasteiger partial charge in [0.15, 0.2) is 6.10 Å². The highest BCUT2D eigenvalue weighted by Gasteiger charge is 2.51. The van der Waals surface area contributed by atoms with Crippen molar-refractivity contribution in [3.63, 3.8) is 0 Å². The predicted molar refractivity (Wildman–Crippen MR) is 267 cm³/mol. The summed E-state index contributed by atoms with van der Waals surface area (Å²) >= 11 is 0. The van der Waals surface area contributed by atoms with Crippen molar-refractivity contribution in [3.8, 4) is 0 Å². The lowest BCUT2D eigenvalue weighted by molar-refractivity contribution is -0.220. The summed E-state index contributed by atoms with van der Waals surface area (Å²) in [6, 6.07) is 0. The molecule has 0 saturated heterocycles. The Morgan fingerprint density at radius 1 is 0.463 bits per heavy atom. The summed E-state index contributed by atoms with van der Waals surface area (Å²) in [5.41, 5.74) is 0. The molecule has 0 bridgehead atoms.